The van der Waals surface area contributed by atoms with Gasteiger partial charge in [0.2, 0.25) is 0 Å². The van der Waals surface area contributed by atoms with Crippen molar-refractivity contribution in [3.63, 3.8) is 0 Å². The Morgan fingerprint density at radius 2 is 2.06 bits per heavy atom. The molecule has 4 nitrogen and oxygen atoms in total. The summed E-state index contributed by atoms with van der Waals surface area (Å²) in [6.07, 6.45) is 5.20. The van der Waals surface area contributed by atoms with Crippen molar-refractivity contribution in [3.8, 4) is 0 Å². The van der Waals surface area contributed by atoms with Gasteiger partial charge in [-0.25, -0.2) is 0 Å². The van der Waals surface area contributed by atoms with E-state index in [4.69, 9.17) is 9.84 Å². The summed E-state index contributed by atoms with van der Waals surface area (Å²) in [5.74, 6) is -0.138. The lowest BCUT2D eigenvalue weighted by molar-refractivity contribution is -0.137. The van der Waals surface area contributed by atoms with Gasteiger partial charge in [-0.05, 0) is 31.6 Å². The van der Waals surface area contributed by atoms with E-state index < -0.39 is 5.97 Å². The minimum Gasteiger partial charge on any atom is -0.481 e. The Labute approximate surface area is 109 Å². The van der Waals surface area contributed by atoms with E-state index in [1.165, 1.54) is 12.8 Å². The maximum Gasteiger partial charge on any atom is 0.304 e. The zero-order valence-corrected chi connectivity index (χ0v) is 11.5. The number of carbonyl (C=O) groups is 1. The second-order valence-electron chi connectivity index (χ2n) is 5.94. The molecule has 2 fully saturated rings. The van der Waals surface area contributed by atoms with Gasteiger partial charge in [0.25, 0.3) is 0 Å². The number of rotatable bonds is 6. The first-order chi connectivity index (χ1) is 8.58. The second kappa shape index (κ2) is 6.02. The Bertz CT molecular complexity index is 289. The van der Waals surface area contributed by atoms with Crippen molar-refractivity contribution in [2.45, 2.75) is 64.1 Å². The summed E-state index contributed by atoms with van der Waals surface area (Å²) in [5, 5.41) is 8.85. The van der Waals surface area contributed by atoms with Gasteiger partial charge < -0.3 is 9.84 Å². The molecule has 1 saturated carbocycles. The first kappa shape index (κ1) is 13.8. The first-order valence-electron chi connectivity index (χ1n) is 7.17. The van der Waals surface area contributed by atoms with Crippen molar-refractivity contribution >= 4 is 5.97 Å². The van der Waals surface area contributed by atoms with Gasteiger partial charge in [-0.2, -0.15) is 0 Å². The number of ether oxygens (including phenoxy) is 1. The van der Waals surface area contributed by atoms with Crippen LogP contribution in [0.4, 0.5) is 0 Å². The third kappa shape index (κ3) is 3.69. The van der Waals surface area contributed by atoms with Crippen LogP contribution in [-0.2, 0) is 9.53 Å². The monoisotopic (exact) mass is 255 g/mol. The largest absolute Gasteiger partial charge is 0.481 e. The fraction of sp³-hybridized carbons (Fsp3) is 0.929. The van der Waals surface area contributed by atoms with Gasteiger partial charge in [0.1, 0.15) is 0 Å². The van der Waals surface area contributed by atoms with Crippen LogP contribution in [0, 0.1) is 5.92 Å². The molecule has 2 rings (SSSR count). The average Bonchev–Trinajstić information content (AvgIpc) is 3.14. The van der Waals surface area contributed by atoms with E-state index >= 15 is 0 Å². The third-order valence-corrected chi connectivity index (χ3v) is 4.10. The second-order valence-corrected chi connectivity index (χ2v) is 5.94. The lowest BCUT2D eigenvalue weighted by Crippen LogP contribution is -2.45. The van der Waals surface area contributed by atoms with E-state index in [0.29, 0.717) is 30.7 Å². The molecule has 1 N–H and O–H groups in total. The average molecular weight is 255 g/mol. The molecule has 1 aliphatic heterocycles. The van der Waals surface area contributed by atoms with Crippen molar-refractivity contribution in [1.82, 2.24) is 4.90 Å². The fourth-order valence-corrected chi connectivity index (χ4v) is 2.87. The zero-order chi connectivity index (χ0) is 13.1. The highest BCUT2D eigenvalue weighted by Gasteiger charge is 2.37. The van der Waals surface area contributed by atoms with Crippen molar-refractivity contribution in [3.05, 3.63) is 0 Å². The van der Waals surface area contributed by atoms with Gasteiger partial charge in [-0.1, -0.05) is 13.8 Å². The number of carboxylic acid groups (broad SMARTS) is 1. The summed E-state index contributed by atoms with van der Waals surface area (Å²) in [6.45, 7) is 5.93. The Balaban J connectivity index is 1.90. The van der Waals surface area contributed by atoms with E-state index in [2.05, 4.69) is 18.7 Å². The molecular weight excluding hydrogens is 230 g/mol. The molecule has 2 atom stereocenters. The van der Waals surface area contributed by atoms with E-state index in [0.717, 1.165) is 19.4 Å². The van der Waals surface area contributed by atoms with Crippen molar-refractivity contribution in [2.24, 2.45) is 5.92 Å². The minimum atomic E-state index is -0.687. The molecular formula is C14H25NO3. The smallest absolute Gasteiger partial charge is 0.304 e. The number of hydrogen-bond acceptors (Lipinski definition) is 3. The molecule has 1 heterocycles. The molecule has 2 unspecified atom stereocenters. The van der Waals surface area contributed by atoms with Crippen LogP contribution in [0.5, 0.6) is 0 Å². The van der Waals surface area contributed by atoms with E-state index in [9.17, 15) is 4.79 Å². The van der Waals surface area contributed by atoms with Crippen LogP contribution in [0.25, 0.3) is 0 Å². The lowest BCUT2D eigenvalue weighted by atomic mass is 9.94. The van der Waals surface area contributed by atoms with E-state index in [1.54, 1.807) is 0 Å². The number of carboxylic acids is 1. The fourth-order valence-electron chi connectivity index (χ4n) is 2.87. The number of nitrogens with zero attached hydrogens (tertiary/aromatic N) is 1. The molecule has 1 aliphatic carbocycles. The summed E-state index contributed by atoms with van der Waals surface area (Å²) >= 11 is 0. The Morgan fingerprint density at radius 1 is 1.33 bits per heavy atom. The standard InChI is InChI=1S/C14H25NO3/c1-10(2)13-9-12(6-8-18-13)15(11-3-4-11)7-5-14(16)17/h10-13H,3-9H2,1-2H3,(H,16,17). The molecule has 0 amide bonds. The normalized spacial score (nSPS) is 28.9. The van der Waals surface area contributed by atoms with Crippen LogP contribution in [0.15, 0.2) is 0 Å². The Hall–Kier alpha value is -0.610. The number of hydrogen-bond donors (Lipinski definition) is 1. The van der Waals surface area contributed by atoms with Crippen LogP contribution in [0.2, 0.25) is 0 Å². The molecule has 0 aromatic carbocycles. The zero-order valence-electron chi connectivity index (χ0n) is 11.5. The van der Waals surface area contributed by atoms with Crippen LogP contribution < -0.4 is 0 Å². The first-order valence-corrected chi connectivity index (χ1v) is 7.17. The highest BCUT2D eigenvalue weighted by atomic mass is 16.5. The van der Waals surface area contributed by atoms with Gasteiger partial charge in [0.15, 0.2) is 0 Å². The molecule has 0 spiro atoms. The maximum absolute atomic E-state index is 10.8. The van der Waals surface area contributed by atoms with Gasteiger partial charge in [-0.15, -0.1) is 0 Å². The minimum absolute atomic E-state index is 0.264. The highest BCUT2D eigenvalue weighted by Crippen LogP contribution is 2.33. The third-order valence-electron chi connectivity index (χ3n) is 4.10. The molecule has 2 aliphatic rings. The van der Waals surface area contributed by atoms with Gasteiger partial charge in [-0.3, -0.25) is 9.69 Å². The molecule has 0 radical (unpaired) electrons. The maximum atomic E-state index is 10.8. The predicted molar refractivity (Wildman–Crippen MR) is 69.6 cm³/mol. The summed E-state index contributed by atoms with van der Waals surface area (Å²) in [5.41, 5.74) is 0. The number of aliphatic carboxylic acids is 1. The summed E-state index contributed by atoms with van der Waals surface area (Å²) in [6, 6.07) is 1.17. The van der Waals surface area contributed by atoms with Crippen LogP contribution in [-0.4, -0.2) is 47.3 Å². The molecule has 0 bridgehead atoms. The molecule has 1 saturated heterocycles. The Kier molecular flexibility index (Phi) is 4.62. The van der Waals surface area contributed by atoms with Gasteiger partial charge in [0, 0.05) is 25.2 Å². The summed E-state index contributed by atoms with van der Waals surface area (Å²) < 4.78 is 5.80. The molecule has 0 aromatic heterocycles. The summed E-state index contributed by atoms with van der Waals surface area (Å²) in [4.78, 5) is 13.2. The van der Waals surface area contributed by atoms with Crippen LogP contribution in [0.3, 0.4) is 0 Å². The summed E-state index contributed by atoms with van der Waals surface area (Å²) in [7, 11) is 0. The van der Waals surface area contributed by atoms with Gasteiger partial charge in [0.05, 0.1) is 12.5 Å². The topological polar surface area (TPSA) is 49.8 Å². The van der Waals surface area contributed by atoms with Gasteiger partial charge >= 0.3 is 5.97 Å². The van der Waals surface area contributed by atoms with E-state index in [1.807, 2.05) is 0 Å². The molecule has 4 heteroatoms. The molecule has 104 valence electrons. The van der Waals surface area contributed by atoms with Crippen LogP contribution in [0.1, 0.15) is 46.0 Å². The SMILES string of the molecule is CC(C)C1CC(N(CCC(=O)O)C2CC2)CCO1. The van der Waals surface area contributed by atoms with Crippen LogP contribution >= 0.6 is 0 Å². The highest BCUT2D eigenvalue weighted by molar-refractivity contribution is 5.66. The van der Waals surface area contributed by atoms with E-state index in [-0.39, 0.29) is 6.42 Å². The molecule has 0 aromatic rings. The van der Waals surface area contributed by atoms with Crippen molar-refractivity contribution < 1.29 is 14.6 Å². The predicted octanol–water partition coefficient (Wildman–Crippen LogP) is 2.13. The van der Waals surface area contributed by atoms with Crippen molar-refractivity contribution in [2.75, 3.05) is 13.2 Å². The molecule has 18 heavy (non-hydrogen) atoms. The quantitative estimate of drug-likeness (QED) is 0.790. The lowest BCUT2D eigenvalue weighted by Gasteiger charge is -2.39. The van der Waals surface area contributed by atoms with Crippen molar-refractivity contribution in [1.29, 1.82) is 0 Å². The Morgan fingerprint density at radius 3 is 2.61 bits per heavy atom.